The van der Waals surface area contributed by atoms with Crippen LogP contribution in [0.3, 0.4) is 0 Å². The van der Waals surface area contributed by atoms with Gasteiger partial charge >= 0.3 is 0 Å². The monoisotopic (exact) mass is 275 g/mol. The Hall–Kier alpha value is -1.02. The number of rotatable bonds is 3. The molecule has 1 aromatic rings. The molecule has 1 N–H and O–H groups in total. The second-order valence-electron chi connectivity index (χ2n) is 7.06. The molecule has 0 bridgehead atoms. The number of piperidine rings is 1. The Kier molecular flexibility index (Phi) is 4.74. The number of ether oxygens (including phenoxy) is 1. The fourth-order valence-electron chi connectivity index (χ4n) is 2.81. The van der Waals surface area contributed by atoms with Gasteiger partial charge in [-0.25, -0.2) is 0 Å². The molecule has 1 fully saturated rings. The standard InChI is InChI=1S/C18H29NO/c1-6-14-7-8-17(15(11-14)18(3,4)5)20-16-9-10-19-12-13(16)2/h7-8,11,13,16,19H,6,9-10,12H2,1-5H3. The molecule has 1 heterocycles. The smallest absolute Gasteiger partial charge is 0.123 e. The maximum Gasteiger partial charge on any atom is 0.123 e. The molecule has 2 unspecified atom stereocenters. The van der Waals surface area contributed by atoms with E-state index < -0.39 is 0 Å². The molecule has 2 atom stereocenters. The average molecular weight is 275 g/mol. The van der Waals surface area contributed by atoms with Crippen LogP contribution in [0.25, 0.3) is 0 Å². The molecule has 0 radical (unpaired) electrons. The topological polar surface area (TPSA) is 21.3 Å². The summed E-state index contributed by atoms with van der Waals surface area (Å²) in [5.41, 5.74) is 2.85. The van der Waals surface area contributed by atoms with Gasteiger partial charge in [-0.2, -0.15) is 0 Å². The Balaban J connectivity index is 2.26. The highest BCUT2D eigenvalue weighted by molar-refractivity contribution is 5.41. The zero-order valence-electron chi connectivity index (χ0n) is 13.6. The molecule has 20 heavy (non-hydrogen) atoms. The van der Waals surface area contributed by atoms with Gasteiger partial charge in [0.1, 0.15) is 11.9 Å². The third-order valence-corrected chi connectivity index (χ3v) is 4.25. The first-order chi connectivity index (χ1) is 9.41. The maximum atomic E-state index is 6.38. The summed E-state index contributed by atoms with van der Waals surface area (Å²) < 4.78 is 6.38. The molecule has 0 spiro atoms. The summed E-state index contributed by atoms with van der Waals surface area (Å²) in [5, 5.41) is 3.43. The highest BCUT2D eigenvalue weighted by Gasteiger charge is 2.26. The molecule has 1 saturated heterocycles. The Morgan fingerprint density at radius 2 is 2.05 bits per heavy atom. The third-order valence-electron chi connectivity index (χ3n) is 4.25. The van der Waals surface area contributed by atoms with Gasteiger partial charge in [-0.15, -0.1) is 0 Å². The third kappa shape index (κ3) is 3.54. The first kappa shape index (κ1) is 15.4. The van der Waals surface area contributed by atoms with Crippen LogP contribution < -0.4 is 10.1 Å². The summed E-state index contributed by atoms with van der Waals surface area (Å²) in [6.07, 6.45) is 2.51. The van der Waals surface area contributed by atoms with Gasteiger partial charge in [-0.1, -0.05) is 46.8 Å². The molecule has 1 aliphatic heterocycles. The van der Waals surface area contributed by atoms with Gasteiger partial charge < -0.3 is 10.1 Å². The van der Waals surface area contributed by atoms with E-state index in [1.807, 2.05) is 0 Å². The first-order valence-electron chi connectivity index (χ1n) is 7.92. The predicted octanol–water partition coefficient (Wildman–Crippen LogP) is 3.92. The molecule has 1 aliphatic rings. The van der Waals surface area contributed by atoms with Crippen LogP contribution in [0.2, 0.25) is 0 Å². The average Bonchev–Trinajstić information content (AvgIpc) is 2.40. The highest BCUT2D eigenvalue weighted by Crippen LogP contribution is 2.34. The first-order valence-corrected chi connectivity index (χ1v) is 7.92. The van der Waals surface area contributed by atoms with Crippen LogP contribution in [0, 0.1) is 5.92 Å². The number of nitrogens with one attached hydrogen (secondary N) is 1. The minimum atomic E-state index is 0.122. The highest BCUT2D eigenvalue weighted by atomic mass is 16.5. The van der Waals surface area contributed by atoms with E-state index in [4.69, 9.17) is 4.74 Å². The van der Waals surface area contributed by atoms with Gasteiger partial charge in [0, 0.05) is 12.5 Å². The van der Waals surface area contributed by atoms with E-state index in [-0.39, 0.29) is 5.41 Å². The van der Waals surface area contributed by atoms with Crippen LogP contribution in [0.1, 0.15) is 52.2 Å². The lowest BCUT2D eigenvalue weighted by Crippen LogP contribution is -2.41. The molecule has 112 valence electrons. The normalized spacial score (nSPS) is 23.6. The number of aryl methyl sites for hydroxylation is 1. The summed E-state index contributed by atoms with van der Waals surface area (Å²) in [4.78, 5) is 0. The van der Waals surface area contributed by atoms with Crippen LogP contribution in [0.4, 0.5) is 0 Å². The molecule has 0 amide bonds. The zero-order valence-corrected chi connectivity index (χ0v) is 13.6. The molecular weight excluding hydrogens is 246 g/mol. The van der Waals surface area contributed by atoms with Crippen LogP contribution >= 0.6 is 0 Å². The minimum absolute atomic E-state index is 0.122. The fourth-order valence-corrected chi connectivity index (χ4v) is 2.81. The quantitative estimate of drug-likeness (QED) is 0.902. The Bertz CT molecular complexity index is 447. The van der Waals surface area contributed by atoms with Crippen LogP contribution in [0.15, 0.2) is 18.2 Å². The summed E-state index contributed by atoms with van der Waals surface area (Å²) in [6.45, 7) is 13.4. The molecule has 1 aromatic carbocycles. The van der Waals surface area contributed by atoms with E-state index in [1.54, 1.807) is 0 Å². The van der Waals surface area contributed by atoms with E-state index in [1.165, 1.54) is 11.1 Å². The predicted molar refractivity (Wildman–Crippen MR) is 85.6 cm³/mol. The number of hydrogen-bond donors (Lipinski definition) is 1. The van der Waals surface area contributed by atoms with Crippen molar-refractivity contribution >= 4 is 0 Å². The van der Waals surface area contributed by atoms with Crippen molar-refractivity contribution in [3.63, 3.8) is 0 Å². The maximum absolute atomic E-state index is 6.38. The van der Waals surface area contributed by atoms with Gasteiger partial charge in [0.15, 0.2) is 0 Å². The fraction of sp³-hybridized carbons (Fsp3) is 0.667. The van der Waals surface area contributed by atoms with Gasteiger partial charge in [-0.3, -0.25) is 0 Å². The largest absolute Gasteiger partial charge is 0.490 e. The molecule has 0 aliphatic carbocycles. The van der Waals surface area contributed by atoms with Crippen LogP contribution in [-0.4, -0.2) is 19.2 Å². The van der Waals surface area contributed by atoms with Crippen molar-refractivity contribution in [3.8, 4) is 5.75 Å². The van der Waals surface area contributed by atoms with Crippen molar-refractivity contribution in [2.24, 2.45) is 5.92 Å². The summed E-state index contributed by atoms with van der Waals surface area (Å²) in [6, 6.07) is 6.70. The second-order valence-corrected chi connectivity index (χ2v) is 7.06. The van der Waals surface area contributed by atoms with Crippen molar-refractivity contribution in [1.29, 1.82) is 0 Å². The lowest BCUT2D eigenvalue weighted by Gasteiger charge is -2.32. The number of hydrogen-bond acceptors (Lipinski definition) is 2. The zero-order chi connectivity index (χ0) is 14.8. The Morgan fingerprint density at radius 1 is 1.30 bits per heavy atom. The molecule has 2 heteroatoms. The summed E-state index contributed by atoms with van der Waals surface area (Å²) in [5.74, 6) is 1.65. The van der Waals surface area contributed by atoms with Gasteiger partial charge in [0.05, 0.1) is 0 Å². The van der Waals surface area contributed by atoms with Gasteiger partial charge in [-0.05, 0) is 42.0 Å². The van der Waals surface area contributed by atoms with Crippen molar-refractivity contribution < 1.29 is 4.74 Å². The van der Waals surface area contributed by atoms with E-state index in [2.05, 4.69) is 58.1 Å². The van der Waals surface area contributed by atoms with Crippen molar-refractivity contribution in [1.82, 2.24) is 5.32 Å². The number of benzene rings is 1. The van der Waals surface area contributed by atoms with E-state index in [9.17, 15) is 0 Å². The second kappa shape index (κ2) is 6.17. The van der Waals surface area contributed by atoms with E-state index in [0.29, 0.717) is 12.0 Å². The molecule has 2 rings (SSSR count). The summed E-state index contributed by atoms with van der Waals surface area (Å²) >= 11 is 0. The molecule has 2 nitrogen and oxygen atoms in total. The Morgan fingerprint density at radius 3 is 2.65 bits per heavy atom. The van der Waals surface area contributed by atoms with Crippen molar-refractivity contribution in [2.45, 2.75) is 59.0 Å². The Labute approximate surface area is 123 Å². The molecular formula is C18H29NO. The SMILES string of the molecule is CCc1ccc(OC2CCNCC2C)c(C(C)(C)C)c1. The van der Waals surface area contributed by atoms with Gasteiger partial charge in [0.25, 0.3) is 0 Å². The van der Waals surface area contributed by atoms with Gasteiger partial charge in [0.2, 0.25) is 0 Å². The van der Waals surface area contributed by atoms with E-state index >= 15 is 0 Å². The lowest BCUT2D eigenvalue weighted by atomic mass is 9.85. The molecule has 0 aromatic heterocycles. The lowest BCUT2D eigenvalue weighted by molar-refractivity contribution is 0.109. The van der Waals surface area contributed by atoms with Crippen LogP contribution in [-0.2, 0) is 11.8 Å². The van der Waals surface area contributed by atoms with Crippen molar-refractivity contribution in [3.05, 3.63) is 29.3 Å². The molecule has 0 saturated carbocycles. The van der Waals surface area contributed by atoms with Crippen molar-refractivity contribution in [2.75, 3.05) is 13.1 Å². The van der Waals surface area contributed by atoms with E-state index in [0.717, 1.165) is 31.7 Å². The minimum Gasteiger partial charge on any atom is -0.490 e. The van der Waals surface area contributed by atoms with Crippen LogP contribution in [0.5, 0.6) is 5.75 Å². The summed E-state index contributed by atoms with van der Waals surface area (Å²) in [7, 11) is 0.